The second kappa shape index (κ2) is 12.3. The van der Waals surface area contributed by atoms with Gasteiger partial charge in [-0.05, 0) is 76.0 Å². The molecule has 0 saturated carbocycles. The van der Waals surface area contributed by atoms with Gasteiger partial charge in [0, 0.05) is 24.7 Å². The van der Waals surface area contributed by atoms with E-state index in [4.69, 9.17) is 9.41 Å². The number of guanidine groups is 1. The summed E-state index contributed by atoms with van der Waals surface area (Å²) in [6, 6.07) is 12.0. The number of likely N-dealkylation sites (tertiary alicyclic amines) is 1. The lowest BCUT2D eigenvalue weighted by Gasteiger charge is -2.26. The minimum atomic E-state index is -0.0397. The fourth-order valence-corrected chi connectivity index (χ4v) is 3.87. The van der Waals surface area contributed by atoms with Crippen molar-refractivity contribution in [2.24, 2.45) is 4.99 Å². The van der Waals surface area contributed by atoms with Crippen LogP contribution >= 0.6 is 0 Å². The molecule has 3 N–H and O–H groups in total. The molecule has 0 radical (unpaired) electrons. The predicted molar refractivity (Wildman–Crippen MR) is 129 cm³/mol. The smallest absolute Gasteiger partial charge is 0.251 e. The molecule has 0 spiro atoms. The molecule has 3 rings (SSSR count). The third-order valence-corrected chi connectivity index (χ3v) is 5.86. The molecule has 1 amide bonds. The lowest BCUT2D eigenvalue weighted by atomic mass is 10.1. The normalized spacial score (nSPS) is 16.5. The van der Waals surface area contributed by atoms with Gasteiger partial charge in [-0.15, -0.1) is 0 Å². The molecular weight excluding hydrogens is 402 g/mol. The highest BCUT2D eigenvalue weighted by atomic mass is 16.3. The Morgan fingerprint density at radius 3 is 2.66 bits per heavy atom. The molecule has 1 aliphatic rings. The van der Waals surface area contributed by atoms with E-state index in [-0.39, 0.29) is 18.0 Å². The monoisotopic (exact) mass is 439 g/mol. The van der Waals surface area contributed by atoms with Gasteiger partial charge in [0.2, 0.25) is 0 Å². The van der Waals surface area contributed by atoms with Gasteiger partial charge in [0.25, 0.3) is 5.91 Å². The number of carbonyl (C=O) groups is 1. The molecule has 2 aromatic rings. The van der Waals surface area contributed by atoms with Crippen molar-refractivity contribution >= 4 is 11.9 Å². The molecule has 1 saturated heterocycles. The van der Waals surface area contributed by atoms with Crippen LogP contribution in [-0.4, -0.2) is 49.0 Å². The molecule has 32 heavy (non-hydrogen) atoms. The van der Waals surface area contributed by atoms with Gasteiger partial charge in [-0.25, -0.2) is 4.99 Å². The number of carbonyl (C=O) groups excluding carboxylic acids is 1. The number of nitrogens with zero attached hydrogens (tertiary/aromatic N) is 2. The Bertz CT molecular complexity index is 859. The SMILES string of the molecule is CCNC(=NCc1cccc(C(=O)NC(C)CC)c1)NCC(c1ccco1)N1CCCC1. The van der Waals surface area contributed by atoms with E-state index in [1.54, 1.807) is 6.26 Å². The first-order valence-corrected chi connectivity index (χ1v) is 11.8. The lowest BCUT2D eigenvalue weighted by Crippen LogP contribution is -2.42. The van der Waals surface area contributed by atoms with E-state index >= 15 is 0 Å². The summed E-state index contributed by atoms with van der Waals surface area (Å²) in [6.45, 7) is 10.3. The number of benzene rings is 1. The van der Waals surface area contributed by atoms with Crippen molar-refractivity contribution in [3.8, 4) is 0 Å². The average Bonchev–Trinajstić information content (AvgIpc) is 3.53. The molecule has 0 aliphatic carbocycles. The number of hydrogen-bond donors (Lipinski definition) is 3. The van der Waals surface area contributed by atoms with Crippen LogP contribution in [0.15, 0.2) is 52.1 Å². The second-order valence-electron chi connectivity index (χ2n) is 8.33. The zero-order valence-corrected chi connectivity index (χ0v) is 19.6. The molecule has 7 heteroatoms. The quantitative estimate of drug-likeness (QED) is 0.388. The van der Waals surface area contributed by atoms with Crippen molar-refractivity contribution < 1.29 is 9.21 Å². The van der Waals surface area contributed by atoms with Crippen LogP contribution in [0.2, 0.25) is 0 Å². The molecule has 174 valence electrons. The molecule has 2 atom stereocenters. The summed E-state index contributed by atoms with van der Waals surface area (Å²) in [6.07, 6.45) is 5.10. The summed E-state index contributed by atoms with van der Waals surface area (Å²) in [5.41, 5.74) is 1.67. The van der Waals surface area contributed by atoms with Gasteiger partial charge in [0.05, 0.1) is 18.8 Å². The highest BCUT2D eigenvalue weighted by Gasteiger charge is 2.25. The van der Waals surface area contributed by atoms with Crippen molar-refractivity contribution in [2.45, 2.75) is 58.7 Å². The first-order valence-electron chi connectivity index (χ1n) is 11.8. The number of nitrogens with one attached hydrogen (secondary N) is 3. The van der Waals surface area contributed by atoms with Crippen LogP contribution < -0.4 is 16.0 Å². The maximum atomic E-state index is 12.4. The van der Waals surface area contributed by atoms with E-state index < -0.39 is 0 Å². The molecule has 1 aliphatic heterocycles. The molecule has 1 aromatic heterocycles. The Morgan fingerprint density at radius 1 is 1.16 bits per heavy atom. The number of furan rings is 1. The van der Waals surface area contributed by atoms with Crippen LogP contribution in [0.1, 0.15) is 67.8 Å². The Labute approximate surface area is 191 Å². The highest BCUT2D eigenvalue weighted by molar-refractivity contribution is 5.94. The van der Waals surface area contributed by atoms with Crippen molar-refractivity contribution in [3.05, 3.63) is 59.5 Å². The third-order valence-electron chi connectivity index (χ3n) is 5.86. The minimum absolute atomic E-state index is 0.0397. The van der Waals surface area contributed by atoms with Gasteiger partial charge < -0.3 is 20.4 Å². The molecule has 7 nitrogen and oxygen atoms in total. The molecule has 1 fully saturated rings. The fourth-order valence-electron chi connectivity index (χ4n) is 3.87. The van der Waals surface area contributed by atoms with Gasteiger partial charge in [0.1, 0.15) is 5.76 Å². The predicted octanol–water partition coefficient (Wildman–Crippen LogP) is 3.70. The van der Waals surface area contributed by atoms with Crippen LogP contribution in [0.5, 0.6) is 0 Å². The van der Waals surface area contributed by atoms with Gasteiger partial charge >= 0.3 is 0 Å². The first kappa shape index (κ1) is 23.9. The molecule has 2 heterocycles. The van der Waals surface area contributed by atoms with Crippen LogP contribution in [0.4, 0.5) is 0 Å². The van der Waals surface area contributed by atoms with E-state index in [2.05, 4.69) is 34.7 Å². The Hall–Kier alpha value is -2.80. The second-order valence-corrected chi connectivity index (χ2v) is 8.33. The number of aliphatic imine (C=N–C) groups is 1. The molecule has 1 aromatic carbocycles. The van der Waals surface area contributed by atoms with Gasteiger partial charge in [-0.3, -0.25) is 9.69 Å². The van der Waals surface area contributed by atoms with Gasteiger partial charge in [-0.1, -0.05) is 19.1 Å². The summed E-state index contributed by atoms with van der Waals surface area (Å²) in [7, 11) is 0. The first-order chi connectivity index (χ1) is 15.6. The summed E-state index contributed by atoms with van der Waals surface area (Å²) >= 11 is 0. The van der Waals surface area contributed by atoms with Gasteiger partial charge in [0.15, 0.2) is 5.96 Å². The summed E-state index contributed by atoms with van der Waals surface area (Å²) in [5, 5.41) is 9.83. The Kier molecular flexibility index (Phi) is 9.16. The van der Waals surface area contributed by atoms with E-state index in [9.17, 15) is 4.79 Å². The molecule has 0 bridgehead atoms. The summed E-state index contributed by atoms with van der Waals surface area (Å²) < 4.78 is 5.72. The van der Waals surface area contributed by atoms with E-state index in [0.717, 1.165) is 49.9 Å². The highest BCUT2D eigenvalue weighted by Crippen LogP contribution is 2.24. The maximum Gasteiger partial charge on any atom is 0.251 e. The largest absolute Gasteiger partial charge is 0.468 e. The van der Waals surface area contributed by atoms with Gasteiger partial charge in [-0.2, -0.15) is 0 Å². The van der Waals surface area contributed by atoms with Crippen LogP contribution in [0.3, 0.4) is 0 Å². The van der Waals surface area contributed by atoms with Crippen molar-refractivity contribution in [2.75, 3.05) is 26.2 Å². The zero-order chi connectivity index (χ0) is 22.8. The molecule has 2 unspecified atom stereocenters. The van der Waals surface area contributed by atoms with Crippen LogP contribution in [-0.2, 0) is 6.54 Å². The van der Waals surface area contributed by atoms with Crippen molar-refractivity contribution in [3.63, 3.8) is 0 Å². The zero-order valence-electron chi connectivity index (χ0n) is 19.6. The topological polar surface area (TPSA) is 81.9 Å². The fraction of sp³-hybridized carbons (Fsp3) is 0.520. The maximum absolute atomic E-state index is 12.4. The average molecular weight is 440 g/mol. The number of hydrogen-bond acceptors (Lipinski definition) is 4. The van der Waals surface area contributed by atoms with Crippen molar-refractivity contribution in [1.29, 1.82) is 0 Å². The Balaban J connectivity index is 1.64. The van der Waals surface area contributed by atoms with E-state index in [1.807, 2.05) is 43.3 Å². The summed E-state index contributed by atoms with van der Waals surface area (Å²) in [5.74, 6) is 1.70. The summed E-state index contributed by atoms with van der Waals surface area (Å²) in [4.78, 5) is 19.7. The van der Waals surface area contributed by atoms with Crippen LogP contribution in [0, 0.1) is 0 Å². The van der Waals surface area contributed by atoms with E-state index in [1.165, 1.54) is 12.8 Å². The van der Waals surface area contributed by atoms with Crippen LogP contribution in [0.25, 0.3) is 0 Å². The molecular formula is C25H37N5O2. The van der Waals surface area contributed by atoms with E-state index in [0.29, 0.717) is 12.1 Å². The van der Waals surface area contributed by atoms with Crippen molar-refractivity contribution in [1.82, 2.24) is 20.9 Å². The number of amides is 1. The third kappa shape index (κ3) is 6.85. The minimum Gasteiger partial charge on any atom is -0.468 e. The Morgan fingerprint density at radius 2 is 1.97 bits per heavy atom. The number of rotatable bonds is 10. The standard InChI is InChI=1S/C25H37N5O2/c1-4-19(3)29-24(31)21-11-8-10-20(16-21)17-27-25(26-5-2)28-18-22(23-12-9-15-32-23)30-13-6-7-14-30/h8-12,15-16,19,22H,4-7,13-14,17-18H2,1-3H3,(H,29,31)(H2,26,27,28). The lowest BCUT2D eigenvalue weighted by molar-refractivity contribution is 0.0939.